The van der Waals surface area contributed by atoms with Crippen LogP contribution in [-0.2, 0) is 0 Å². The molecule has 0 N–H and O–H groups in total. The molecule has 0 atom stereocenters. The van der Waals surface area contributed by atoms with Gasteiger partial charge in [0, 0.05) is 0 Å². The summed E-state index contributed by atoms with van der Waals surface area (Å²) < 4.78 is 0. The van der Waals surface area contributed by atoms with Gasteiger partial charge in [0.15, 0.2) is 0 Å². The maximum atomic E-state index is 3.76. The molecular weight excluding hydrogens is 216 g/mol. The zero-order valence-electron chi connectivity index (χ0n) is 14.0. The average Bonchev–Trinajstić information content (AvgIpc) is 2.45. The Hall–Kier alpha value is -1.30. The molecule has 0 heterocycles. The Balaban J connectivity index is -0.0000000524. The second-order valence-corrected chi connectivity index (χ2v) is 2.46. The molecule has 0 aliphatic rings. The lowest BCUT2D eigenvalue weighted by molar-refractivity contribution is 1.09. The summed E-state index contributed by atoms with van der Waals surface area (Å²) in [5, 5.41) is 0. The standard InChI is InChI=1S/C9H12.C3H8.2C2H6.C2H4/c1-5-7-9(4)8(3)6-2;1-3-2;3*1-2/h5-7H,2-4H2,1H3;3H2,1-2H3;2*1-2H3;1-2H2/b7-5-;;;;. The molecule has 18 heavy (non-hydrogen) atoms. The van der Waals surface area contributed by atoms with E-state index in [1.807, 2.05) is 46.8 Å². The third-order valence-electron chi connectivity index (χ3n) is 1.03. The van der Waals surface area contributed by atoms with Gasteiger partial charge in [0.1, 0.15) is 0 Å². The molecule has 0 spiro atoms. The SMILES string of the molecule is C=C.C=CC(=C)C(=C)/C=C\C.CC.CC.CCC. The van der Waals surface area contributed by atoms with E-state index >= 15 is 0 Å². The summed E-state index contributed by atoms with van der Waals surface area (Å²) in [5.74, 6) is 0. The van der Waals surface area contributed by atoms with Crippen molar-refractivity contribution >= 4 is 0 Å². The van der Waals surface area contributed by atoms with Crippen molar-refractivity contribution in [2.75, 3.05) is 0 Å². The first-order valence-electron chi connectivity index (χ1n) is 6.77. The Labute approximate surface area is 118 Å². The molecule has 0 unspecified atom stereocenters. The third kappa shape index (κ3) is 46.5. The van der Waals surface area contributed by atoms with Crippen LogP contribution in [0, 0.1) is 0 Å². The molecule has 0 fully saturated rings. The fraction of sp³-hybridized carbons (Fsp3) is 0.444. The quantitative estimate of drug-likeness (QED) is 0.370. The summed E-state index contributed by atoms with van der Waals surface area (Å²) in [5.41, 5.74) is 1.81. The van der Waals surface area contributed by atoms with E-state index in [-0.39, 0.29) is 0 Å². The Morgan fingerprint density at radius 1 is 0.889 bits per heavy atom. The summed E-state index contributed by atoms with van der Waals surface area (Å²) >= 11 is 0. The summed E-state index contributed by atoms with van der Waals surface area (Å²) in [6, 6.07) is 0. The van der Waals surface area contributed by atoms with Gasteiger partial charge in [0.05, 0.1) is 0 Å². The predicted octanol–water partition coefficient (Wildman–Crippen LogP) is 7.13. The van der Waals surface area contributed by atoms with Gasteiger partial charge in [-0.05, 0) is 18.1 Å². The van der Waals surface area contributed by atoms with E-state index in [4.69, 9.17) is 0 Å². The van der Waals surface area contributed by atoms with Crippen LogP contribution in [0.25, 0.3) is 0 Å². The van der Waals surface area contributed by atoms with Gasteiger partial charge in [0.25, 0.3) is 0 Å². The van der Waals surface area contributed by atoms with E-state index in [0.29, 0.717) is 0 Å². The predicted molar refractivity (Wildman–Crippen MR) is 93.2 cm³/mol. The summed E-state index contributed by atoms with van der Waals surface area (Å²) in [4.78, 5) is 0. The van der Waals surface area contributed by atoms with Crippen molar-refractivity contribution < 1.29 is 0 Å². The first-order chi connectivity index (χ1) is 8.63. The monoisotopic (exact) mass is 252 g/mol. The Kier molecular flexibility index (Phi) is 74.9. The normalized spacial score (nSPS) is 6.61. The van der Waals surface area contributed by atoms with Crippen LogP contribution in [0.5, 0.6) is 0 Å². The van der Waals surface area contributed by atoms with Crippen LogP contribution in [0.1, 0.15) is 54.9 Å². The first-order valence-corrected chi connectivity index (χ1v) is 6.77. The fourth-order valence-electron chi connectivity index (χ4n) is 0.439. The Morgan fingerprint density at radius 3 is 1.33 bits per heavy atom. The van der Waals surface area contributed by atoms with Crippen LogP contribution in [0.4, 0.5) is 0 Å². The highest BCUT2D eigenvalue weighted by molar-refractivity contribution is 5.41. The van der Waals surface area contributed by atoms with Gasteiger partial charge in [0.2, 0.25) is 0 Å². The van der Waals surface area contributed by atoms with Crippen molar-refractivity contribution in [3.8, 4) is 0 Å². The van der Waals surface area contributed by atoms with Crippen LogP contribution in [-0.4, -0.2) is 0 Å². The molecule has 0 saturated carbocycles. The van der Waals surface area contributed by atoms with Crippen molar-refractivity contribution in [3.05, 3.63) is 62.3 Å². The topological polar surface area (TPSA) is 0 Å². The molecule has 0 aromatic heterocycles. The van der Waals surface area contributed by atoms with E-state index in [1.165, 1.54) is 6.42 Å². The highest BCUT2D eigenvalue weighted by Gasteiger charge is 1.86. The van der Waals surface area contributed by atoms with Crippen molar-refractivity contribution in [2.24, 2.45) is 0 Å². The summed E-state index contributed by atoms with van der Waals surface area (Å²) in [6.45, 7) is 31.2. The van der Waals surface area contributed by atoms with Crippen molar-refractivity contribution in [1.82, 2.24) is 0 Å². The molecule has 0 aliphatic carbocycles. The maximum absolute atomic E-state index is 3.76. The van der Waals surface area contributed by atoms with Crippen molar-refractivity contribution in [2.45, 2.75) is 54.9 Å². The van der Waals surface area contributed by atoms with Crippen LogP contribution < -0.4 is 0 Å². The molecule has 108 valence electrons. The van der Waals surface area contributed by atoms with Gasteiger partial charge in [-0.15, -0.1) is 13.2 Å². The van der Waals surface area contributed by atoms with Gasteiger partial charge >= 0.3 is 0 Å². The molecule has 0 aromatic carbocycles. The van der Waals surface area contributed by atoms with Crippen LogP contribution in [0.2, 0.25) is 0 Å². The number of hydrogen-bond acceptors (Lipinski definition) is 0. The molecule has 0 rings (SSSR count). The zero-order chi connectivity index (χ0) is 16.0. The zero-order valence-corrected chi connectivity index (χ0v) is 14.0. The molecular formula is C18H36. The highest BCUT2D eigenvalue weighted by atomic mass is 13.9. The molecule has 0 saturated heterocycles. The fourth-order valence-corrected chi connectivity index (χ4v) is 0.439. The smallest absolute Gasteiger partial charge is 0.0266 e. The number of rotatable bonds is 3. The Morgan fingerprint density at radius 2 is 1.17 bits per heavy atom. The first kappa shape index (κ1) is 30.1. The molecule has 0 aliphatic heterocycles. The van der Waals surface area contributed by atoms with Crippen molar-refractivity contribution in [1.29, 1.82) is 0 Å². The molecule has 0 radical (unpaired) electrons. The Bertz CT molecular complexity index is 182. The second kappa shape index (κ2) is 44.8. The van der Waals surface area contributed by atoms with Crippen LogP contribution in [0.15, 0.2) is 62.3 Å². The maximum Gasteiger partial charge on any atom is -0.0266 e. The van der Waals surface area contributed by atoms with Gasteiger partial charge in [-0.2, -0.15) is 0 Å². The van der Waals surface area contributed by atoms with E-state index in [1.54, 1.807) is 6.08 Å². The van der Waals surface area contributed by atoms with Crippen molar-refractivity contribution in [3.63, 3.8) is 0 Å². The molecule has 0 amide bonds. The summed E-state index contributed by atoms with van der Waals surface area (Å²) in [6.07, 6.45) is 6.78. The van der Waals surface area contributed by atoms with Crippen LogP contribution in [0.3, 0.4) is 0 Å². The van der Waals surface area contributed by atoms with Gasteiger partial charge < -0.3 is 0 Å². The number of hydrogen-bond donors (Lipinski definition) is 0. The van der Waals surface area contributed by atoms with Gasteiger partial charge in [-0.25, -0.2) is 0 Å². The number of allylic oxidation sites excluding steroid dienone is 5. The minimum atomic E-state index is 0.883. The lowest BCUT2D eigenvalue weighted by Crippen LogP contribution is -1.74. The van der Waals surface area contributed by atoms with Crippen LogP contribution >= 0.6 is 0 Å². The van der Waals surface area contributed by atoms with E-state index in [0.717, 1.165) is 11.1 Å². The van der Waals surface area contributed by atoms with Gasteiger partial charge in [-0.1, -0.05) is 85.9 Å². The average molecular weight is 252 g/mol. The lowest BCUT2D eigenvalue weighted by atomic mass is 10.1. The molecule has 0 aromatic rings. The third-order valence-corrected chi connectivity index (χ3v) is 1.03. The molecule has 0 heteroatoms. The molecule has 0 nitrogen and oxygen atoms in total. The van der Waals surface area contributed by atoms with E-state index in [9.17, 15) is 0 Å². The lowest BCUT2D eigenvalue weighted by Gasteiger charge is -1.94. The molecule has 0 bridgehead atoms. The second-order valence-electron chi connectivity index (χ2n) is 2.46. The highest BCUT2D eigenvalue weighted by Crippen LogP contribution is 2.06. The van der Waals surface area contributed by atoms with E-state index in [2.05, 4.69) is 46.7 Å². The van der Waals surface area contributed by atoms with Gasteiger partial charge in [-0.3, -0.25) is 0 Å². The summed E-state index contributed by atoms with van der Waals surface area (Å²) in [7, 11) is 0. The minimum Gasteiger partial charge on any atom is -0.106 e. The van der Waals surface area contributed by atoms with E-state index < -0.39 is 0 Å². The largest absolute Gasteiger partial charge is 0.106 e. The minimum absolute atomic E-state index is 0.883.